The topological polar surface area (TPSA) is 111 Å². The Kier molecular flexibility index (Phi) is 4.67. The highest BCUT2D eigenvalue weighted by Gasteiger charge is 2.20. The van der Waals surface area contributed by atoms with E-state index in [2.05, 4.69) is 14.5 Å². The second kappa shape index (κ2) is 6.46. The number of oxime groups is 1. The number of carboxylic acid groups (broad SMARTS) is 1. The molecule has 1 heterocycles. The molecule has 7 nitrogen and oxygen atoms in total. The van der Waals surface area contributed by atoms with Crippen LogP contribution in [0.15, 0.2) is 5.16 Å². The van der Waals surface area contributed by atoms with E-state index < -0.39 is 5.97 Å². The predicted molar refractivity (Wildman–Crippen MR) is 71.1 cm³/mol. The van der Waals surface area contributed by atoms with Gasteiger partial charge in [0.15, 0.2) is 5.13 Å². The number of hydrogen-bond donors (Lipinski definition) is 2. The number of carboxylic acids is 1. The summed E-state index contributed by atoms with van der Waals surface area (Å²) in [5.74, 6) is -1.21. The smallest absolute Gasteiger partial charge is 0.362 e. The first-order chi connectivity index (χ1) is 9.16. The van der Waals surface area contributed by atoms with E-state index in [1.807, 2.05) is 0 Å². The fraction of sp³-hybridized carbons (Fsp3) is 0.636. The van der Waals surface area contributed by atoms with Crippen molar-refractivity contribution in [3.63, 3.8) is 0 Å². The van der Waals surface area contributed by atoms with Gasteiger partial charge in [0, 0.05) is 11.5 Å². The molecule has 0 amide bonds. The third kappa shape index (κ3) is 3.88. The van der Waals surface area contributed by atoms with Gasteiger partial charge < -0.3 is 15.7 Å². The van der Waals surface area contributed by atoms with E-state index in [4.69, 9.17) is 15.7 Å². The lowest BCUT2D eigenvalue weighted by atomic mass is 10.2. The highest BCUT2D eigenvalue weighted by atomic mass is 32.1. The molecule has 0 atom stereocenters. The Morgan fingerprint density at radius 2 is 2.05 bits per heavy atom. The lowest BCUT2D eigenvalue weighted by molar-refractivity contribution is -0.129. The van der Waals surface area contributed by atoms with E-state index in [1.54, 1.807) is 0 Å². The van der Waals surface area contributed by atoms with Crippen LogP contribution in [0.1, 0.15) is 44.3 Å². The van der Waals surface area contributed by atoms with Crippen molar-refractivity contribution in [3.05, 3.63) is 5.82 Å². The molecule has 0 spiro atoms. The van der Waals surface area contributed by atoms with Crippen LogP contribution in [0, 0.1) is 0 Å². The van der Waals surface area contributed by atoms with Gasteiger partial charge in [0.25, 0.3) is 0 Å². The molecule has 19 heavy (non-hydrogen) atoms. The Bertz CT molecular complexity index is 466. The molecule has 1 fully saturated rings. The summed E-state index contributed by atoms with van der Waals surface area (Å²) in [6, 6.07) is 0. The van der Waals surface area contributed by atoms with Gasteiger partial charge in [0.05, 0.1) is 0 Å². The number of nitrogens with two attached hydrogens (primary N) is 1. The molecule has 1 aliphatic carbocycles. The van der Waals surface area contributed by atoms with Crippen LogP contribution < -0.4 is 5.73 Å². The molecule has 8 heteroatoms. The fourth-order valence-electron chi connectivity index (χ4n) is 1.98. The second-order valence-corrected chi connectivity index (χ2v) is 5.20. The number of aromatic nitrogens is 2. The highest BCUT2D eigenvalue weighted by molar-refractivity contribution is 7.09. The Hall–Kier alpha value is -1.70. The molecular weight excluding hydrogens is 268 g/mol. The van der Waals surface area contributed by atoms with Gasteiger partial charge in [-0.2, -0.15) is 9.36 Å². The van der Waals surface area contributed by atoms with Crippen LogP contribution in [-0.2, 0) is 9.63 Å². The predicted octanol–water partition coefficient (Wildman–Crippen LogP) is 1.65. The summed E-state index contributed by atoms with van der Waals surface area (Å²) in [4.78, 5) is 20.3. The van der Waals surface area contributed by atoms with Crippen molar-refractivity contribution in [2.24, 2.45) is 5.16 Å². The molecule has 1 aromatic rings. The average molecular weight is 284 g/mol. The summed E-state index contributed by atoms with van der Waals surface area (Å²) in [5, 5.41) is 13.0. The largest absolute Gasteiger partial charge is 0.476 e. The maximum absolute atomic E-state index is 11.1. The van der Waals surface area contributed by atoms with Crippen LogP contribution in [0.5, 0.6) is 0 Å². The van der Waals surface area contributed by atoms with Gasteiger partial charge in [-0.25, -0.2) is 4.79 Å². The zero-order chi connectivity index (χ0) is 13.7. The lowest BCUT2D eigenvalue weighted by Crippen LogP contribution is -2.19. The van der Waals surface area contributed by atoms with E-state index in [9.17, 15) is 4.79 Å². The average Bonchev–Trinajstić information content (AvgIpc) is 2.64. The Morgan fingerprint density at radius 1 is 1.37 bits per heavy atom. The molecule has 3 N–H and O–H groups in total. The minimum Gasteiger partial charge on any atom is -0.476 e. The van der Waals surface area contributed by atoms with E-state index in [1.165, 1.54) is 12.8 Å². The fourth-order valence-corrected chi connectivity index (χ4v) is 2.42. The molecule has 0 bridgehead atoms. The number of nitrogen functional groups attached to an aromatic ring is 1. The van der Waals surface area contributed by atoms with Crippen LogP contribution in [0.3, 0.4) is 0 Å². The molecule has 1 aliphatic rings. The second-order valence-electron chi connectivity index (χ2n) is 4.42. The lowest BCUT2D eigenvalue weighted by Gasteiger charge is -2.11. The summed E-state index contributed by atoms with van der Waals surface area (Å²) >= 11 is 0.932. The van der Waals surface area contributed by atoms with E-state index in [-0.39, 0.29) is 22.8 Å². The van der Waals surface area contributed by atoms with Gasteiger partial charge >= 0.3 is 5.97 Å². The maximum atomic E-state index is 11.1. The highest BCUT2D eigenvalue weighted by Crippen LogP contribution is 2.20. The van der Waals surface area contributed by atoms with E-state index in [0.717, 1.165) is 37.2 Å². The van der Waals surface area contributed by atoms with Gasteiger partial charge in [0.1, 0.15) is 6.10 Å². The Morgan fingerprint density at radius 3 is 2.58 bits per heavy atom. The number of nitrogens with zero attached hydrogens (tertiary/aromatic N) is 3. The quantitative estimate of drug-likeness (QED) is 0.494. The summed E-state index contributed by atoms with van der Waals surface area (Å²) in [5.41, 5.74) is 5.14. The van der Waals surface area contributed by atoms with Gasteiger partial charge in [-0.1, -0.05) is 18.0 Å². The number of carbonyl (C=O) groups is 1. The van der Waals surface area contributed by atoms with Crippen molar-refractivity contribution >= 4 is 28.3 Å². The first-order valence-electron chi connectivity index (χ1n) is 6.23. The summed E-state index contributed by atoms with van der Waals surface area (Å²) in [6.45, 7) is 0. The SMILES string of the molecule is Nc1nc(C(=NOC2CCCCCC2)C(=O)O)ns1. The molecular formula is C11H16N4O3S. The molecule has 0 unspecified atom stereocenters. The molecule has 104 valence electrons. The van der Waals surface area contributed by atoms with Crippen LogP contribution in [0.25, 0.3) is 0 Å². The van der Waals surface area contributed by atoms with Crippen molar-refractivity contribution in [2.45, 2.75) is 44.6 Å². The van der Waals surface area contributed by atoms with Crippen molar-refractivity contribution in [2.75, 3.05) is 5.73 Å². The standard InChI is InChI=1S/C11H16N4O3S/c12-11-13-9(15-19-11)8(10(16)17)14-18-7-5-3-1-2-4-6-7/h7H,1-6H2,(H,16,17)(H2,12,13,15). The van der Waals surface area contributed by atoms with E-state index in [0.29, 0.717) is 0 Å². The Balaban J connectivity index is 2.06. The molecule has 2 rings (SSSR count). The van der Waals surface area contributed by atoms with Gasteiger partial charge in [-0.15, -0.1) is 0 Å². The number of hydrogen-bond acceptors (Lipinski definition) is 7. The monoisotopic (exact) mass is 284 g/mol. The van der Waals surface area contributed by atoms with Gasteiger partial charge in [-0.3, -0.25) is 0 Å². The summed E-state index contributed by atoms with van der Waals surface area (Å²) in [6.07, 6.45) is 6.35. The Labute approximate surface area is 114 Å². The van der Waals surface area contributed by atoms with Crippen molar-refractivity contribution in [1.82, 2.24) is 9.36 Å². The van der Waals surface area contributed by atoms with Crippen LogP contribution >= 0.6 is 11.5 Å². The molecule has 0 aliphatic heterocycles. The van der Waals surface area contributed by atoms with Crippen molar-refractivity contribution in [1.29, 1.82) is 0 Å². The minimum atomic E-state index is -1.22. The third-order valence-electron chi connectivity index (χ3n) is 2.95. The zero-order valence-corrected chi connectivity index (χ0v) is 11.2. The van der Waals surface area contributed by atoms with Crippen molar-refractivity contribution < 1.29 is 14.7 Å². The first-order valence-corrected chi connectivity index (χ1v) is 7.01. The molecule has 0 aromatic carbocycles. The summed E-state index contributed by atoms with van der Waals surface area (Å²) in [7, 11) is 0. The van der Waals surface area contributed by atoms with E-state index >= 15 is 0 Å². The summed E-state index contributed by atoms with van der Waals surface area (Å²) < 4.78 is 3.83. The number of aliphatic carboxylic acids is 1. The number of anilines is 1. The normalized spacial score (nSPS) is 18.0. The van der Waals surface area contributed by atoms with Gasteiger partial charge in [0.2, 0.25) is 11.5 Å². The van der Waals surface area contributed by atoms with Crippen LogP contribution in [0.4, 0.5) is 5.13 Å². The van der Waals surface area contributed by atoms with Crippen LogP contribution in [-0.4, -0.2) is 32.2 Å². The molecule has 1 aromatic heterocycles. The molecule has 1 saturated carbocycles. The maximum Gasteiger partial charge on any atom is 0.362 e. The van der Waals surface area contributed by atoms with Gasteiger partial charge in [-0.05, 0) is 25.7 Å². The van der Waals surface area contributed by atoms with Crippen LogP contribution in [0.2, 0.25) is 0 Å². The zero-order valence-electron chi connectivity index (χ0n) is 10.4. The molecule has 0 saturated heterocycles. The third-order valence-corrected chi connectivity index (χ3v) is 3.49. The minimum absolute atomic E-state index is 0.00335. The first kappa shape index (κ1) is 13.7. The van der Waals surface area contributed by atoms with Crippen molar-refractivity contribution in [3.8, 4) is 0 Å². The molecule has 0 radical (unpaired) electrons. The number of rotatable bonds is 4.